The molecule has 0 radical (unpaired) electrons. The second-order valence-corrected chi connectivity index (χ2v) is 6.86. The van der Waals surface area contributed by atoms with Gasteiger partial charge >= 0.3 is 0 Å². The summed E-state index contributed by atoms with van der Waals surface area (Å²) in [5.41, 5.74) is -0.383. The number of piperidine rings is 1. The Morgan fingerprint density at radius 3 is 3.05 bits per heavy atom. The minimum Gasteiger partial charge on any atom is -0.383 e. The number of ether oxygens (including phenoxy) is 1. The van der Waals surface area contributed by atoms with Gasteiger partial charge in [0.05, 0.1) is 12.0 Å². The molecule has 2 aliphatic rings. The summed E-state index contributed by atoms with van der Waals surface area (Å²) in [4.78, 5) is 29.6. The molecule has 2 aliphatic heterocycles. The van der Waals surface area contributed by atoms with Gasteiger partial charge in [-0.3, -0.25) is 9.59 Å². The Bertz CT molecular complexity index is 548. The van der Waals surface area contributed by atoms with Crippen LogP contribution in [0, 0.1) is 5.41 Å². The maximum atomic E-state index is 12.8. The van der Waals surface area contributed by atoms with Gasteiger partial charge in [0.2, 0.25) is 5.91 Å². The maximum absolute atomic E-state index is 12.8. The Balaban J connectivity index is 1.69. The Morgan fingerprint density at radius 1 is 1.45 bits per heavy atom. The first-order chi connectivity index (χ1) is 10.7. The van der Waals surface area contributed by atoms with E-state index in [1.54, 1.807) is 19.4 Å². The maximum Gasteiger partial charge on any atom is 0.265 e. The molecule has 2 saturated heterocycles. The number of amides is 2. The average molecular weight is 323 g/mol. The highest BCUT2D eigenvalue weighted by Crippen LogP contribution is 2.40. The molecule has 120 valence electrons. The Morgan fingerprint density at radius 2 is 2.32 bits per heavy atom. The van der Waals surface area contributed by atoms with Crippen LogP contribution >= 0.6 is 11.5 Å². The second kappa shape index (κ2) is 6.34. The first-order valence-electron chi connectivity index (χ1n) is 7.64. The highest BCUT2D eigenvalue weighted by atomic mass is 32.1. The van der Waals surface area contributed by atoms with E-state index in [-0.39, 0.29) is 17.2 Å². The molecule has 3 rings (SSSR count). The van der Waals surface area contributed by atoms with Crippen molar-refractivity contribution in [1.82, 2.24) is 14.2 Å². The predicted molar refractivity (Wildman–Crippen MR) is 82.8 cm³/mol. The molecule has 1 aromatic heterocycles. The van der Waals surface area contributed by atoms with Crippen molar-refractivity contribution in [3.05, 3.63) is 17.1 Å². The van der Waals surface area contributed by atoms with Crippen LogP contribution in [0.3, 0.4) is 0 Å². The number of rotatable bonds is 4. The molecule has 0 saturated carbocycles. The second-order valence-electron chi connectivity index (χ2n) is 6.02. The molecule has 1 spiro atoms. The van der Waals surface area contributed by atoms with Gasteiger partial charge in [0.15, 0.2) is 0 Å². The molecule has 1 aromatic rings. The average Bonchev–Trinajstić information content (AvgIpc) is 3.19. The molecule has 0 bridgehead atoms. The topological polar surface area (TPSA) is 62.7 Å². The van der Waals surface area contributed by atoms with E-state index in [9.17, 15) is 9.59 Å². The number of carbonyl (C=O) groups excluding carboxylic acids is 2. The van der Waals surface area contributed by atoms with E-state index >= 15 is 0 Å². The van der Waals surface area contributed by atoms with Crippen LogP contribution in [0.4, 0.5) is 0 Å². The van der Waals surface area contributed by atoms with Crippen LogP contribution in [0.15, 0.2) is 12.3 Å². The van der Waals surface area contributed by atoms with Crippen LogP contribution in [0.2, 0.25) is 0 Å². The van der Waals surface area contributed by atoms with Crippen LogP contribution in [0.5, 0.6) is 0 Å². The summed E-state index contributed by atoms with van der Waals surface area (Å²) < 4.78 is 9.07. The number of hydrogen-bond donors (Lipinski definition) is 0. The molecule has 2 fully saturated rings. The summed E-state index contributed by atoms with van der Waals surface area (Å²) in [6, 6.07) is 1.74. The van der Waals surface area contributed by atoms with E-state index in [2.05, 4.69) is 4.37 Å². The fourth-order valence-electron chi connectivity index (χ4n) is 3.47. The van der Waals surface area contributed by atoms with Crippen LogP contribution in [0.25, 0.3) is 0 Å². The minimum atomic E-state index is -0.383. The molecular weight excluding hydrogens is 302 g/mol. The predicted octanol–water partition coefficient (Wildman–Crippen LogP) is 1.24. The lowest BCUT2D eigenvalue weighted by atomic mass is 9.78. The molecule has 6 nitrogen and oxygen atoms in total. The molecule has 7 heteroatoms. The monoisotopic (exact) mass is 323 g/mol. The van der Waals surface area contributed by atoms with Crippen LogP contribution < -0.4 is 0 Å². The van der Waals surface area contributed by atoms with Gasteiger partial charge in [0.1, 0.15) is 4.88 Å². The molecule has 1 atom stereocenters. The van der Waals surface area contributed by atoms with E-state index in [1.165, 1.54) is 11.5 Å². The van der Waals surface area contributed by atoms with E-state index < -0.39 is 0 Å². The number of hydrogen-bond acceptors (Lipinski definition) is 5. The van der Waals surface area contributed by atoms with Crippen LogP contribution in [-0.2, 0) is 9.53 Å². The summed E-state index contributed by atoms with van der Waals surface area (Å²) >= 11 is 1.21. The molecule has 0 aliphatic carbocycles. The van der Waals surface area contributed by atoms with Crippen molar-refractivity contribution in [2.45, 2.75) is 19.3 Å². The van der Waals surface area contributed by atoms with Crippen molar-refractivity contribution in [1.29, 1.82) is 0 Å². The van der Waals surface area contributed by atoms with Gasteiger partial charge in [0.25, 0.3) is 5.91 Å². The third kappa shape index (κ3) is 2.75. The molecule has 0 unspecified atom stereocenters. The molecule has 3 heterocycles. The zero-order chi connectivity index (χ0) is 15.6. The minimum absolute atomic E-state index is 0.00110. The van der Waals surface area contributed by atoms with E-state index in [0.29, 0.717) is 31.1 Å². The largest absolute Gasteiger partial charge is 0.383 e. The fraction of sp³-hybridized carbons (Fsp3) is 0.667. The van der Waals surface area contributed by atoms with Crippen molar-refractivity contribution in [3.8, 4) is 0 Å². The van der Waals surface area contributed by atoms with Crippen molar-refractivity contribution >= 4 is 23.3 Å². The summed E-state index contributed by atoms with van der Waals surface area (Å²) in [5, 5.41) is 0. The van der Waals surface area contributed by atoms with Crippen LogP contribution in [-0.4, -0.2) is 65.9 Å². The van der Waals surface area contributed by atoms with Crippen molar-refractivity contribution in [2.75, 3.05) is 39.9 Å². The molecule has 2 amide bonds. The Labute approximate surface area is 134 Å². The summed E-state index contributed by atoms with van der Waals surface area (Å²) in [5.74, 6) is 0.191. The zero-order valence-electron chi connectivity index (χ0n) is 12.8. The normalized spacial score (nSPS) is 25.2. The van der Waals surface area contributed by atoms with Gasteiger partial charge in [-0.05, 0) is 36.9 Å². The molecular formula is C15H21N3O3S. The van der Waals surface area contributed by atoms with E-state index in [0.717, 1.165) is 25.8 Å². The van der Waals surface area contributed by atoms with Crippen LogP contribution in [0.1, 0.15) is 28.9 Å². The Kier molecular flexibility index (Phi) is 4.44. The van der Waals surface area contributed by atoms with Crippen molar-refractivity contribution in [3.63, 3.8) is 0 Å². The lowest BCUT2D eigenvalue weighted by molar-refractivity contribution is -0.146. The van der Waals surface area contributed by atoms with Gasteiger partial charge in [-0.25, -0.2) is 4.37 Å². The van der Waals surface area contributed by atoms with Crippen molar-refractivity contribution < 1.29 is 14.3 Å². The third-order valence-corrected chi connectivity index (χ3v) is 5.41. The summed E-state index contributed by atoms with van der Waals surface area (Å²) in [6.07, 6.45) is 4.28. The standard InChI is InChI=1S/C15H21N3O3S/c1-21-10-9-17-7-2-4-15(14(17)20)5-8-18(11-15)13(19)12-3-6-16-22-12/h3,6H,2,4-5,7-11H2,1H3/t15-/m1/s1. The highest BCUT2D eigenvalue weighted by Gasteiger charge is 2.49. The van der Waals surface area contributed by atoms with E-state index in [4.69, 9.17) is 4.74 Å². The lowest BCUT2D eigenvalue weighted by Gasteiger charge is -2.39. The SMILES string of the molecule is COCCN1CCC[C@]2(CCN(C(=O)c3ccns3)C2)C1=O. The van der Waals surface area contributed by atoms with Gasteiger partial charge in [-0.2, -0.15) is 0 Å². The summed E-state index contributed by atoms with van der Waals surface area (Å²) in [7, 11) is 1.65. The van der Waals surface area contributed by atoms with Gasteiger partial charge in [-0.1, -0.05) is 0 Å². The number of aromatic nitrogens is 1. The lowest BCUT2D eigenvalue weighted by Crippen LogP contribution is -2.51. The Hall–Kier alpha value is -1.47. The molecule has 22 heavy (non-hydrogen) atoms. The van der Waals surface area contributed by atoms with Gasteiger partial charge in [-0.15, -0.1) is 0 Å². The number of carbonyl (C=O) groups is 2. The molecule has 0 N–H and O–H groups in total. The fourth-order valence-corrected chi connectivity index (χ4v) is 4.04. The zero-order valence-corrected chi connectivity index (χ0v) is 13.6. The van der Waals surface area contributed by atoms with E-state index in [1.807, 2.05) is 9.80 Å². The van der Waals surface area contributed by atoms with Gasteiger partial charge in [0, 0.05) is 39.5 Å². The summed E-state index contributed by atoms with van der Waals surface area (Å²) in [6.45, 7) is 3.19. The number of methoxy groups -OCH3 is 1. The number of likely N-dealkylation sites (tertiary alicyclic amines) is 2. The first kappa shape index (κ1) is 15.4. The highest BCUT2D eigenvalue weighted by molar-refractivity contribution is 7.08. The quantitative estimate of drug-likeness (QED) is 0.836. The first-order valence-corrected chi connectivity index (χ1v) is 8.42. The van der Waals surface area contributed by atoms with Crippen molar-refractivity contribution in [2.24, 2.45) is 5.41 Å². The molecule has 0 aromatic carbocycles. The smallest absolute Gasteiger partial charge is 0.265 e. The number of nitrogens with zero attached hydrogens (tertiary/aromatic N) is 3. The van der Waals surface area contributed by atoms with Gasteiger partial charge < -0.3 is 14.5 Å². The third-order valence-electron chi connectivity index (χ3n) is 4.68.